The van der Waals surface area contributed by atoms with Crippen molar-refractivity contribution in [1.29, 1.82) is 0 Å². The summed E-state index contributed by atoms with van der Waals surface area (Å²) in [6.07, 6.45) is 0.378. The molecule has 126 valence electrons. The van der Waals surface area contributed by atoms with Gasteiger partial charge in [0.2, 0.25) is 0 Å². The molecule has 0 fully saturated rings. The van der Waals surface area contributed by atoms with Gasteiger partial charge in [-0.25, -0.2) is 4.79 Å². The zero-order valence-electron chi connectivity index (χ0n) is 13.2. The molecule has 0 radical (unpaired) electrons. The highest BCUT2D eigenvalue weighted by Crippen LogP contribution is 2.07. The lowest BCUT2D eigenvalue weighted by molar-refractivity contribution is -0.144. The standard InChI is InChI=1S/C14H28O7/c1-4-18-6-8-20-12(2)9-13(21-7-5-17-3)10-19-11-14(15)16/h12-13H,4-11H2,1-3H3,(H,15,16). The summed E-state index contributed by atoms with van der Waals surface area (Å²) in [5.74, 6) is -0.994. The van der Waals surface area contributed by atoms with E-state index in [-0.39, 0.29) is 25.4 Å². The van der Waals surface area contributed by atoms with Crippen LogP contribution < -0.4 is 0 Å². The molecule has 0 rings (SSSR count). The number of carboxylic acid groups (broad SMARTS) is 1. The van der Waals surface area contributed by atoms with Crippen LogP contribution in [0.2, 0.25) is 0 Å². The summed E-state index contributed by atoms with van der Waals surface area (Å²) in [5.41, 5.74) is 0. The van der Waals surface area contributed by atoms with Gasteiger partial charge in [0, 0.05) is 20.1 Å². The average Bonchev–Trinajstić information content (AvgIpc) is 2.43. The summed E-state index contributed by atoms with van der Waals surface area (Å²) in [5, 5.41) is 8.56. The second-order valence-corrected chi connectivity index (χ2v) is 4.51. The lowest BCUT2D eigenvalue weighted by Crippen LogP contribution is -2.28. The number of aliphatic carboxylic acids is 1. The maximum atomic E-state index is 10.4. The van der Waals surface area contributed by atoms with E-state index in [2.05, 4.69) is 0 Å². The van der Waals surface area contributed by atoms with E-state index in [9.17, 15) is 4.79 Å². The normalized spacial score (nSPS) is 14.0. The van der Waals surface area contributed by atoms with E-state index in [1.165, 1.54) is 0 Å². The number of rotatable bonds is 15. The van der Waals surface area contributed by atoms with Crippen molar-refractivity contribution in [1.82, 2.24) is 0 Å². The Morgan fingerprint density at radius 1 is 1.10 bits per heavy atom. The predicted octanol–water partition coefficient (Wildman–Crippen LogP) is 0.951. The van der Waals surface area contributed by atoms with E-state index in [0.717, 1.165) is 0 Å². The highest BCUT2D eigenvalue weighted by Gasteiger charge is 2.15. The number of hydrogen-bond acceptors (Lipinski definition) is 6. The van der Waals surface area contributed by atoms with Gasteiger partial charge in [-0.2, -0.15) is 0 Å². The Bertz CT molecular complexity index is 247. The van der Waals surface area contributed by atoms with E-state index in [4.69, 9.17) is 28.8 Å². The highest BCUT2D eigenvalue weighted by molar-refractivity contribution is 5.67. The smallest absolute Gasteiger partial charge is 0.329 e. The van der Waals surface area contributed by atoms with Crippen LogP contribution >= 0.6 is 0 Å². The molecule has 0 aromatic heterocycles. The van der Waals surface area contributed by atoms with Crippen molar-refractivity contribution in [2.24, 2.45) is 0 Å². The van der Waals surface area contributed by atoms with Gasteiger partial charge in [-0.1, -0.05) is 0 Å². The van der Waals surface area contributed by atoms with Crippen LogP contribution in [0.1, 0.15) is 20.3 Å². The first-order valence-electron chi connectivity index (χ1n) is 7.19. The quantitative estimate of drug-likeness (QED) is 0.451. The Balaban J connectivity index is 3.95. The summed E-state index contributed by atoms with van der Waals surface area (Å²) in [6, 6.07) is 0. The minimum atomic E-state index is -0.994. The van der Waals surface area contributed by atoms with Crippen molar-refractivity contribution >= 4 is 5.97 Å². The Morgan fingerprint density at radius 3 is 2.43 bits per heavy atom. The highest BCUT2D eigenvalue weighted by atomic mass is 16.6. The molecular formula is C14H28O7. The minimum absolute atomic E-state index is 0.0218. The van der Waals surface area contributed by atoms with Crippen molar-refractivity contribution in [2.45, 2.75) is 32.5 Å². The molecule has 7 heteroatoms. The molecule has 0 aromatic carbocycles. The molecule has 0 heterocycles. The van der Waals surface area contributed by atoms with Crippen LogP contribution in [0.5, 0.6) is 0 Å². The molecule has 21 heavy (non-hydrogen) atoms. The van der Waals surface area contributed by atoms with Gasteiger partial charge in [0.15, 0.2) is 0 Å². The van der Waals surface area contributed by atoms with Crippen LogP contribution in [0.25, 0.3) is 0 Å². The molecule has 2 unspecified atom stereocenters. The van der Waals surface area contributed by atoms with Crippen LogP contribution in [-0.4, -0.2) is 76.6 Å². The third-order valence-electron chi connectivity index (χ3n) is 2.60. The molecule has 0 aliphatic heterocycles. The first-order chi connectivity index (χ1) is 10.1. The molecule has 0 aliphatic carbocycles. The lowest BCUT2D eigenvalue weighted by Gasteiger charge is -2.21. The fourth-order valence-electron chi connectivity index (χ4n) is 1.65. The molecule has 0 bridgehead atoms. The Morgan fingerprint density at radius 2 is 1.81 bits per heavy atom. The van der Waals surface area contributed by atoms with E-state index in [0.29, 0.717) is 39.5 Å². The maximum Gasteiger partial charge on any atom is 0.329 e. The fraction of sp³-hybridized carbons (Fsp3) is 0.929. The molecule has 0 aromatic rings. The summed E-state index contributed by atoms with van der Waals surface area (Å²) < 4.78 is 26.4. The van der Waals surface area contributed by atoms with Crippen LogP contribution in [0.3, 0.4) is 0 Å². The monoisotopic (exact) mass is 308 g/mol. The third-order valence-corrected chi connectivity index (χ3v) is 2.60. The Kier molecular flexibility index (Phi) is 13.7. The van der Waals surface area contributed by atoms with E-state index < -0.39 is 5.97 Å². The van der Waals surface area contributed by atoms with Crippen molar-refractivity contribution in [3.8, 4) is 0 Å². The van der Waals surface area contributed by atoms with Crippen molar-refractivity contribution < 1.29 is 33.6 Å². The summed E-state index contributed by atoms with van der Waals surface area (Å²) in [6.45, 7) is 6.43. The van der Waals surface area contributed by atoms with Crippen molar-refractivity contribution in [3.63, 3.8) is 0 Å². The van der Waals surface area contributed by atoms with E-state index in [1.807, 2.05) is 13.8 Å². The van der Waals surface area contributed by atoms with Crippen molar-refractivity contribution in [3.05, 3.63) is 0 Å². The van der Waals surface area contributed by atoms with Crippen LogP contribution in [0, 0.1) is 0 Å². The van der Waals surface area contributed by atoms with Gasteiger partial charge < -0.3 is 28.8 Å². The predicted molar refractivity (Wildman–Crippen MR) is 76.6 cm³/mol. The van der Waals surface area contributed by atoms with Gasteiger partial charge in [0.1, 0.15) is 6.61 Å². The second kappa shape index (κ2) is 14.2. The van der Waals surface area contributed by atoms with Crippen LogP contribution in [0.15, 0.2) is 0 Å². The third kappa shape index (κ3) is 14.0. The molecule has 7 nitrogen and oxygen atoms in total. The van der Waals surface area contributed by atoms with Gasteiger partial charge in [0.05, 0.1) is 45.2 Å². The molecule has 1 N–H and O–H groups in total. The topological polar surface area (TPSA) is 83.5 Å². The molecule has 0 saturated carbocycles. The van der Waals surface area contributed by atoms with Gasteiger partial charge >= 0.3 is 5.97 Å². The molecular weight excluding hydrogens is 280 g/mol. The molecule has 0 spiro atoms. The number of carbonyl (C=O) groups is 1. The Labute approximate surface area is 126 Å². The maximum absolute atomic E-state index is 10.4. The molecule has 0 saturated heterocycles. The summed E-state index contributed by atoms with van der Waals surface area (Å²) in [7, 11) is 1.60. The van der Waals surface area contributed by atoms with Gasteiger partial charge in [-0.05, 0) is 13.8 Å². The first-order valence-corrected chi connectivity index (χ1v) is 7.19. The second-order valence-electron chi connectivity index (χ2n) is 4.51. The molecule has 2 atom stereocenters. The largest absolute Gasteiger partial charge is 0.480 e. The number of carboxylic acids is 1. The van der Waals surface area contributed by atoms with Gasteiger partial charge in [-0.15, -0.1) is 0 Å². The van der Waals surface area contributed by atoms with Gasteiger partial charge in [0.25, 0.3) is 0 Å². The van der Waals surface area contributed by atoms with E-state index in [1.54, 1.807) is 7.11 Å². The minimum Gasteiger partial charge on any atom is -0.480 e. The lowest BCUT2D eigenvalue weighted by atomic mass is 10.2. The number of hydrogen-bond donors (Lipinski definition) is 1. The number of methoxy groups -OCH3 is 1. The molecule has 0 aliphatic rings. The van der Waals surface area contributed by atoms with Crippen molar-refractivity contribution in [2.75, 3.05) is 53.4 Å². The summed E-state index contributed by atoms with van der Waals surface area (Å²) >= 11 is 0. The molecule has 0 amide bonds. The zero-order chi connectivity index (χ0) is 15.9. The average molecular weight is 308 g/mol. The first kappa shape index (κ1) is 20.3. The number of ether oxygens (including phenoxy) is 5. The zero-order valence-corrected chi connectivity index (χ0v) is 13.2. The summed E-state index contributed by atoms with van der Waals surface area (Å²) in [4.78, 5) is 10.4. The van der Waals surface area contributed by atoms with Crippen LogP contribution in [-0.2, 0) is 28.5 Å². The van der Waals surface area contributed by atoms with Gasteiger partial charge in [-0.3, -0.25) is 0 Å². The Hall–Kier alpha value is -0.730. The SMILES string of the molecule is CCOCCOC(C)CC(COCC(=O)O)OCCOC. The fourth-order valence-corrected chi connectivity index (χ4v) is 1.65. The van der Waals surface area contributed by atoms with Crippen LogP contribution in [0.4, 0.5) is 0 Å². The van der Waals surface area contributed by atoms with E-state index >= 15 is 0 Å².